The van der Waals surface area contributed by atoms with Gasteiger partial charge in [-0.2, -0.15) is 0 Å². The van der Waals surface area contributed by atoms with Crippen LogP contribution < -0.4 is 5.32 Å². The molecule has 0 heterocycles. The summed E-state index contributed by atoms with van der Waals surface area (Å²) >= 11 is 0. The molecule has 0 aromatic heterocycles. The van der Waals surface area contributed by atoms with Crippen LogP contribution in [0.1, 0.15) is 39.5 Å². The van der Waals surface area contributed by atoms with Crippen LogP contribution >= 0.6 is 0 Å². The van der Waals surface area contributed by atoms with Gasteiger partial charge in [0.05, 0.1) is 19.1 Å². The molecule has 1 fully saturated rings. The number of hydrogen-bond acceptors (Lipinski definition) is 4. The van der Waals surface area contributed by atoms with Crippen molar-refractivity contribution in [3.63, 3.8) is 0 Å². The van der Waals surface area contributed by atoms with Crippen LogP contribution in [0, 0.1) is 5.92 Å². The number of hydrogen-bond donors (Lipinski definition) is 2. The fourth-order valence-electron chi connectivity index (χ4n) is 2.18. The van der Waals surface area contributed by atoms with Gasteiger partial charge in [0.2, 0.25) is 0 Å². The summed E-state index contributed by atoms with van der Waals surface area (Å²) in [7, 11) is 0. The van der Waals surface area contributed by atoms with E-state index in [1.165, 1.54) is 19.3 Å². The number of rotatable bonds is 6. The number of ether oxygens (including phenoxy) is 1. The molecule has 4 heteroatoms. The van der Waals surface area contributed by atoms with E-state index in [2.05, 4.69) is 12.2 Å². The number of aliphatic hydroxyl groups excluding tert-OH is 1. The molecule has 94 valence electrons. The molecule has 0 saturated heterocycles. The van der Waals surface area contributed by atoms with Crippen LogP contribution in [0.25, 0.3) is 0 Å². The summed E-state index contributed by atoms with van der Waals surface area (Å²) < 4.78 is 4.77. The Morgan fingerprint density at radius 3 is 2.88 bits per heavy atom. The van der Waals surface area contributed by atoms with Crippen LogP contribution in [0.2, 0.25) is 0 Å². The van der Waals surface area contributed by atoms with E-state index in [1.54, 1.807) is 6.92 Å². The van der Waals surface area contributed by atoms with Crippen LogP contribution in [0.3, 0.4) is 0 Å². The van der Waals surface area contributed by atoms with Gasteiger partial charge >= 0.3 is 5.97 Å². The molecular formula is C12H23NO3. The van der Waals surface area contributed by atoms with Crippen molar-refractivity contribution in [3.8, 4) is 0 Å². The Labute approximate surface area is 97.4 Å². The molecule has 0 amide bonds. The summed E-state index contributed by atoms with van der Waals surface area (Å²) in [4.78, 5) is 11.1. The largest absolute Gasteiger partial charge is 0.466 e. The normalized spacial score (nSPS) is 26.7. The van der Waals surface area contributed by atoms with Gasteiger partial charge in [-0.25, -0.2) is 0 Å². The second kappa shape index (κ2) is 6.86. The molecule has 1 aliphatic carbocycles. The van der Waals surface area contributed by atoms with Gasteiger partial charge in [0.15, 0.2) is 0 Å². The smallest absolute Gasteiger partial charge is 0.308 e. The van der Waals surface area contributed by atoms with Crippen molar-refractivity contribution in [3.05, 3.63) is 0 Å². The van der Waals surface area contributed by atoms with Gasteiger partial charge in [0.25, 0.3) is 0 Å². The molecule has 1 saturated carbocycles. The third-order valence-corrected chi connectivity index (χ3v) is 3.04. The Hall–Kier alpha value is -0.610. The maximum Gasteiger partial charge on any atom is 0.308 e. The van der Waals surface area contributed by atoms with Gasteiger partial charge in [-0.05, 0) is 32.1 Å². The molecule has 4 nitrogen and oxygen atoms in total. The van der Waals surface area contributed by atoms with Crippen LogP contribution in [0.4, 0.5) is 0 Å². The van der Waals surface area contributed by atoms with Gasteiger partial charge in [0.1, 0.15) is 0 Å². The Balaban J connectivity index is 2.10. The highest BCUT2D eigenvalue weighted by atomic mass is 16.5. The Morgan fingerprint density at radius 1 is 1.56 bits per heavy atom. The van der Waals surface area contributed by atoms with Crippen LogP contribution in [-0.4, -0.2) is 36.4 Å². The molecule has 0 bridgehead atoms. The van der Waals surface area contributed by atoms with Crippen molar-refractivity contribution < 1.29 is 14.6 Å². The summed E-state index contributed by atoms with van der Waals surface area (Å²) in [5.41, 5.74) is 0. The van der Waals surface area contributed by atoms with Crippen molar-refractivity contribution in [2.45, 2.75) is 51.7 Å². The minimum Gasteiger partial charge on any atom is -0.466 e. The molecule has 0 radical (unpaired) electrons. The van der Waals surface area contributed by atoms with Gasteiger partial charge in [-0.3, -0.25) is 4.79 Å². The second-order valence-corrected chi connectivity index (χ2v) is 4.69. The van der Waals surface area contributed by atoms with Crippen molar-refractivity contribution in [2.75, 3.05) is 13.2 Å². The van der Waals surface area contributed by atoms with E-state index in [1.807, 2.05) is 0 Å². The van der Waals surface area contributed by atoms with Crippen molar-refractivity contribution in [1.82, 2.24) is 5.32 Å². The average molecular weight is 229 g/mol. The minimum absolute atomic E-state index is 0.0864. The number of carbonyl (C=O) groups excluding carboxylic acids is 1. The Morgan fingerprint density at radius 2 is 2.31 bits per heavy atom. The monoisotopic (exact) mass is 229 g/mol. The van der Waals surface area contributed by atoms with Gasteiger partial charge < -0.3 is 15.2 Å². The molecule has 0 aliphatic heterocycles. The van der Waals surface area contributed by atoms with Gasteiger partial charge in [-0.1, -0.05) is 6.92 Å². The van der Waals surface area contributed by atoms with Gasteiger partial charge in [0, 0.05) is 12.6 Å². The van der Waals surface area contributed by atoms with E-state index in [-0.39, 0.29) is 12.4 Å². The number of aliphatic hydroxyl groups is 1. The topological polar surface area (TPSA) is 58.6 Å². The molecule has 0 aromatic rings. The summed E-state index contributed by atoms with van der Waals surface area (Å²) in [6.45, 7) is 4.87. The molecule has 2 N–H and O–H groups in total. The van der Waals surface area contributed by atoms with Crippen LogP contribution in [-0.2, 0) is 9.53 Å². The highest BCUT2D eigenvalue weighted by Crippen LogP contribution is 2.24. The fraction of sp³-hybridized carbons (Fsp3) is 0.917. The quantitative estimate of drug-likeness (QED) is 0.669. The lowest BCUT2D eigenvalue weighted by Gasteiger charge is -2.15. The zero-order chi connectivity index (χ0) is 12.0. The third-order valence-electron chi connectivity index (χ3n) is 3.04. The molecular weight excluding hydrogens is 206 g/mol. The van der Waals surface area contributed by atoms with Crippen LogP contribution in [0.15, 0.2) is 0 Å². The lowest BCUT2D eigenvalue weighted by atomic mass is 10.1. The number of carbonyl (C=O) groups is 1. The molecule has 1 aliphatic rings. The van der Waals surface area contributed by atoms with E-state index in [0.29, 0.717) is 19.2 Å². The highest BCUT2D eigenvalue weighted by Gasteiger charge is 2.21. The van der Waals surface area contributed by atoms with E-state index in [4.69, 9.17) is 4.74 Å². The first-order valence-electron chi connectivity index (χ1n) is 6.18. The number of esters is 1. The first kappa shape index (κ1) is 13.5. The highest BCUT2D eigenvalue weighted by molar-refractivity contribution is 5.69. The Bertz CT molecular complexity index is 220. The lowest BCUT2D eigenvalue weighted by molar-refractivity contribution is -0.145. The maximum absolute atomic E-state index is 11.1. The van der Waals surface area contributed by atoms with Crippen molar-refractivity contribution >= 4 is 5.97 Å². The SMILES string of the molecule is CCOC(=O)CC(O)CNC1CCC(C)C1. The molecule has 16 heavy (non-hydrogen) atoms. The van der Waals surface area contributed by atoms with E-state index >= 15 is 0 Å². The van der Waals surface area contributed by atoms with E-state index in [0.717, 1.165) is 5.92 Å². The van der Waals surface area contributed by atoms with Crippen molar-refractivity contribution in [1.29, 1.82) is 0 Å². The maximum atomic E-state index is 11.1. The molecule has 3 atom stereocenters. The summed E-state index contributed by atoms with van der Waals surface area (Å²) in [5.74, 6) is 0.455. The lowest BCUT2D eigenvalue weighted by Crippen LogP contribution is -2.35. The summed E-state index contributed by atoms with van der Waals surface area (Å²) in [5, 5.41) is 12.9. The first-order valence-corrected chi connectivity index (χ1v) is 6.18. The minimum atomic E-state index is -0.630. The number of nitrogens with one attached hydrogen (secondary N) is 1. The second-order valence-electron chi connectivity index (χ2n) is 4.69. The average Bonchev–Trinajstić information content (AvgIpc) is 2.61. The standard InChI is InChI=1S/C12H23NO3/c1-3-16-12(15)7-11(14)8-13-10-5-4-9(2)6-10/h9-11,13-14H,3-8H2,1-2H3. The zero-order valence-electron chi connectivity index (χ0n) is 10.2. The first-order chi connectivity index (χ1) is 7.61. The predicted molar refractivity (Wildman–Crippen MR) is 62.1 cm³/mol. The molecule has 0 aromatic carbocycles. The van der Waals surface area contributed by atoms with Gasteiger partial charge in [-0.15, -0.1) is 0 Å². The summed E-state index contributed by atoms with van der Waals surface area (Å²) in [6, 6.07) is 0.506. The van der Waals surface area contributed by atoms with Crippen LogP contribution in [0.5, 0.6) is 0 Å². The molecule has 3 unspecified atom stereocenters. The molecule has 0 spiro atoms. The molecule has 1 rings (SSSR count). The Kier molecular flexibility index (Phi) is 5.77. The van der Waals surface area contributed by atoms with E-state index in [9.17, 15) is 9.90 Å². The third kappa shape index (κ3) is 4.94. The van der Waals surface area contributed by atoms with Crippen molar-refractivity contribution in [2.24, 2.45) is 5.92 Å². The van der Waals surface area contributed by atoms with E-state index < -0.39 is 6.10 Å². The predicted octanol–water partition coefficient (Wildman–Crippen LogP) is 1.08. The fourth-order valence-corrected chi connectivity index (χ4v) is 2.18. The summed E-state index contributed by atoms with van der Waals surface area (Å²) in [6.07, 6.45) is 3.06. The zero-order valence-corrected chi connectivity index (χ0v) is 10.2.